The number of nitrogens with zero attached hydrogens (tertiary/aromatic N) is 1. The second kappa shape index (κ2) is 4.68. The third-order valence-corrected chi connectivity index (χ3v) is 3.92. The normalized spacial score (nSPS) is 10.2. The van der Waals surface area contributed by atoms with Gasteiger partial charge in [0, 0.05) is 33.7 Å². The lowest BCUT2D eigenvalue weighted by Gasteiger charge is -1.98. The van der Waals surface area contributed by atoms with Crippen LogP contribution in [-0.4, -0.2) is 10.8 Å². The van der Waals surface area contributed by atoms with Crippen LogP contribution in [0.3, 0.4) is 0 Å². The molecule has 0 saturated carbocycles. The van der Waals surface area contributed by atoms with Crippen molar-refractivity contribution >= 4 is 33.0 Å². The Kier molecular flexibility index (Phi) is 3.28. The summed E-state index contributed by atoms with van der Waals surface area (Å²) < 4.78 is 1.00. The van der Waals surface area contributed by atoms with Crippen molar-refractivity contribution in [2.24, 2.45) is 0 Å². The fourth-order valence-electron chi connectivity index (χ4n) is 1.23. The molecule has 0 radical (unpaired) electrons. The topological polar surface area (TPSA) is 30.0 Å². The molecule has 4 heteroatoms. The van der Waals surface area contributed by atoms with E-state index in [1.807, 2.05) is 11.4 Å². The van der Waals surface area contributed by atoms with Gasteiger partial charge in [-0.3, -0.25) is 9.78 Å². The number of carbonyl (C=O) groups is 1. The zero-order valence-electron chi connectivity index (χ0n) is 7.81. The largest absolute Gasteiger partial charge is 0.294 e. The van der Waals surface area contributed by atoms with Gasteiger partial charge >= 0.3 is 0 Å². The van der Waals surface area contributed by atoms with Crippen LogP contribution in [0.2, 0.25) is 0 Å². The Morgan fingerprint density at radius 2 is 2.33 bits per heavy atom. The van der Waals surface area contributed by atoms with Crippen molar-refractivity contribution in [1.82, 2.24) is 4.98 Å². The van der Waals surface area contributed by atoms with E-state index in [4.69, 9.17) is 0 Å². The molecule has 2 aromatic rings. The van der Waals surface area contributed by atoms with Crippen LogP contribution in [0.5, 0.6) is 0 Å². The minimum atomic E-state index is 0.103. The number of aromatic nitrogens is 1. The van der Waals surface area contributed by atoms with Crippen molar-refractivity contribution in [1.29, 1.82) is 0 Å². The maximum Gasteiger partial charge on any atom is 0.169 e. The van der Waals surface area contributed by atoms with Gasteiger partial charge in [-0.25, -0.2) is 0 Å². The monoisotopic (exact) mass is 281 g/mol. The van der Waals surface area contributed by atoms with E-state index < -0.39 is 0 Å². The van der Waals surface area contributed by atoms with Crippen LogP contribution in [0.1, 0.15) is 15.2 Å². The number of rotatable bonds is 3. The van der Waals surface area contributed by atoms with Crippen LogP contribution in [-0.2, 0) is 6.42 Å². The van der Waals surface area contributed by atoms with Crippen molar-refractivity contribution in [2.45, 2.75) is 6.42 Å². The summed E-state index contributed by atoms with van der Waals surface area (Å²) >= 11 is 4.99. The molecule has 0 unspecified atom stereocenters. The predicted molar refractivity (Wildman–Crippen MR) is 64.3 cm³/mol. The molecule has 2 rings (SSSR count). The fourth-order valence-corrected chi connectivity index (χ4v) is 2.72. The Balaban J connectivity index is 2.15. The highest BCUT2D eigenvalue weighted by Gasteiger charge is 2.10. The molecule has 0 bridgehead atoms. The average molecular weight is 282 g/mol. The lowest BCUT2D eigenvalue weighted by Crippen LogP contribution is -2.02. The summed E-state index contributed by atoms with van der Waals surface area (Å²) in [5, 5.41) is 1.97. The molecule has 2 nitrogen and oxygen atoms in total. The molecule has 15 heavy (non-hydrogen) atoms. The Morgan fingerprint density at radius 1 is 1.47 bits per heavy atom. The first-order chi connectivity index (χ1) is 7.27. The predicted octanol–water partition coefficient (Wildman–Crippen LogP) is 3.33. The van der Waals surface area contributed by atoms with Gasteiger partial charge in [0.25, 0.3) is 0 Å². The highest BCUT2D eigenvalue weighted by molar-refractivity contribution is 9.10. The van der Waals surface area contributed by atoms with Crippen molar-refractivity contribution in [3.63, 3.8) is 0 Å². The average Bonchev–Trinajstić information content (AvgIpc) is 2.66. The molecule has 0 aliphatic rings. The number of carbonyl (C=O) groups excluding carboxylic acids is 1. The standard InChI is InChI=1S/C11H8BrNOS/c12-9-3-5-15-11(9)6-10(14)8-2-1-4-13-7-8/h1-5,7H,6H2. The maximum atomic E-state index is 11.8. The third kappa shape index (κ3) is 2.52. The number of thiophene rings is 1. The van der Waals surface area contributed by atoms with E-state index in [9.17, 15) is 4.79 Å². The second-order valence-corrected chi connectivity index (χ2v) is 4.89. The summed E-state index contributed by atoms with van der Waals surface area (Å²) in [5.74, 6) is 0.103. The van der Waals surface area contributed by atoms with Gasteiger partial charge in [-0.2, -0.15) is 0 Å². The van der Waals surface area contributed by atoms with Gasteiger partial charge in [-0.1, -0.05) is 0 Å². The molecule has 2 heterocycles. The highest BCUT2D eigenvalue weighted by Crippen LogP contribution is 2.24. The number of hydrogen-bond acceptors (Lipinski definition) is 3. The summed E-state index contributed by atoms with van der Waals surface area (Å²) in [4.78, 5) is 16.8. The highest BCUT2D eigenvalue weighted by atomic mass is 79.9. The van der Waals surface area contributed by atoms with Crippen LogP contribution in [0, 0.1) is 0 Å². The molecular weight excluding hydrogens is 274 g/mol. The first-order valence-electron chi connectivity index (χ1n) is 4.42. The number of Topliss-reactive ketones (excluding diaryl/α,β-unsaturated/α-hetero) is 1. The molecule has 2 aromatic heterocycles. The van der Waals surface area contributed by atoms with Gasteiger partial charge in [0.2, 0.25) is 0 Å². The third-order valence-electron chi connectivity index (χ3n) is 2.00. The summed E-state index contributed by atoms with van der Waals surface area (Å²) in [7, 11) is 0. The molecule has 0 aliphatic carbocycles. The van der Waals surface area contributed by atoms with Crippen LogP contribution in [0.25, 0.3) is 0 Å². The van der Waals surface area contributed by atoms with E-state index in [0.717, 1.165) is 9.35 Å². The molecule has 0 amide bonds. The molecule has 76 valence electrons. The Hall–Kier alpha value is -1.00. The lowest BCUT2D eigenvalue weighted by atomic mass is 10.1. The number of ketones is 1. The van der Waals surface area contributed by atoms with E-state index in [0.29, 0.717) is 12.0 Å². The van der Waals surface area contributed by atoms with Crippen LogP contribution < -0.4 is 0 Å². The number of pyridine rings is 1. The quantitative estimate of drug-likeness (QED) is 0.808. The summed E-state index contributed by atoms with van der Waals surface area (Å²) in [6.07, 6.45) is 3.70. The molecule has 0 atom stereocenters. The van der Waals surface area contributed by atoms with Crippen molar-refractivity contribution in [2.75, 3.05) is 0 Å². The first kappa shape index (κ1) is 10.5. The van der Waals surface area contributed by atoms with Gasteiger partial charge in [-0.05, 0) is 39.5 Å². The molecule has 0 fully saturated rings. The minimum Gasteiger partial charge on any atom is -0.294 e. The smallest absolute Gasteiger partial charge is 0.169 e. The second-order valence-electron chi connectivity index (χ2n) is 3.03. The summed E-state index contributed by atoms with van der Waals surface area (Å²) in [6, 6.07) is 5.52. The van der Waals surface area contributed by atoms with Crippen LogP contribution in [0.15, 0.2) is 40.4 Å². The molecule has 0 spiro atoms. The van der Waals surface area contributed by atoms with Crippen LogP contribution >= 0.6 is 27.3 Å². The molecule has 0 saturated heterocycles. The molecule has 0 aromatic carbocycles. The zero-order chi connectivity index (χ0) is 10.7. The van der Waals surface area contributed by atoms with E-state index in [2.05, 4.69) is 20.9 Å². The maximum absolute atomic E-state index is 11.8. The number of halogens is 1. The van der Waals surface area contributed by atoms with Gasteiger partial charge < -0.3 is 0 Å². The van der Waals surface area contributed by atoms with E-state index in [1.54, 1.807) is 35.9 Å². The molecular formula is C11H8BrNOS. The van der Waals surface area contributed by atoms with Crippen molar-refractivity contribution in [3.05, 3.63) is 50.9 Å². The van der Waals surface area contributed by atoms with Crippen molar-refractivity contribution in [3.8, 4) is 0 Å². The van der Waals surface area contributed by atoms with E-state index >= 15 is 0 Å². The van der Waals surface area contributed by atoms with Crippen molar-refractivity contribution < 1.29 is 4.79 Å². The fraction of sp³-hybridized carbons (Fsp3) is 0.0909. The number of hydrogen-bond donors (Lipinski definition) is 0. The van der Waals surface area contributed by atoms with E-state index in [1.165, 1.54) is 0 Å². The SMILES string of the molecule is O=C(Cc1sccc1Br)c1cccnc1. The van der Waals surface area contributed by atoms with Gasteiger partial charge in [0.05, 0.1) is 0 Å². The Bertz CT molecular complexity index is 466. The van der Waals surface area contributed by atoms with Crippen LogP contribution in [0.4, 0.5) is 0 Å². The molecule has 0 aliphatic heterocycles. The zero-order valence-corrected chi connectivity index (χ0v) is 10.2. The van der Waals surface area contributed by atoms with Gasteiger partial charge in [-0.15, -0.1) is 11.3 Å². The first-order valence-corrected chi connectivity index (χ1v) is 6.10. The Morgan fingerprint density at radius 3 is 2.93 bits per heavy atom. The van der Waals surface area contributed by atoms with Gasteiger partial charge in [0.1, 0.15) is 0 Å². The Labute approximate surface area is 100 Å². The summed E-state index contributed by atoms with van der Waals surface area (Å²) in [5.41, 5.74) is 0.665. The minimum absolute atomic E-state index is 0.103. The van der Waals surface area contributed by atoms with E-state index in [-0.39, 0.29) is 5.78 Å². The molecule has 0 N–H and O–H groups in total. The summed E-state index contributed by atoms with van der Waals surface area (Å²) in [6.45, 7) is 0. The van der Waals surface area contributed by atoms with Gasteiger partial charge in [0.15, 0.2) is 5.78 Å². The lowest BCUT2D eigenvalue weighted by molar-refractivity contribution is 0.0993.